The van der Waals surface area contributed by atoms with E-state index >= 15 is 0 Å². The first-order valence-electron chi connectivity index (χ1n) is 15.2. The van der Waals surface area contributed by atoms with Gasteiger partial charge in [-0.15, -0.1) is 0 Å². The molecule has 0 aromatic heterocycles. The second kappa shape index (κ2) is 13.4. The molecule has 1 aliphatic heterocycles. The van der Waals surface area contributed by atoms with Crippen LogP contribution < -0.4 is 4.74 Å². The molecule has 0 bridgehead atoms. The van der Waals surface area contributed by atoms with Crippen molar-refractivity contribution in [3.63, 3.8) is 0 Å². The third kappa shape index (κ3) is 7.09. The van der Waals surface area contributed by atoms with Gasteiger partial charge in [-0.3, -0.25) is 0 Å². The molecule has 0 saturated carbocycles. The van der Waals surface area contributed by atoms with Crippen molar-refractivity contribution in [1.29, 1.82) is 0 Å². The van der Waals surface area contributed by atoms with E-state index in [0.29, 0.717) is 11.7 Å². The topological polar surface area (TPSA) is 55.8 Å². The van der Waals surface area contributed by atoms with Crippen LogP contribution >= 0.6 is 0 Å². The van der Waals surface area contributed by atoms with Crippen LogP contribution in [-0.4, -0.2) is 23.8 Å². The highest BCUT2D eigenvalue weighted by molar-refractivity contribution is 5.70. The molecule has 222 valence electrons. The number of carbonyl (C=O) groups is 1. The molecule has 5 rings (SSSR count). The van der Waals surface area contributed by atoms with Gasteiger partial charge in [-0.25, -0.2) is 4.79 Å². The molecule has 4 aromatic carbocycles. The summed E-state index contributed by atoms with van der Waals surface area (Å²) >= 11 is 0. The maximum atomic E-state index is 11.6. The van der Waals surface area contributed by atoms with Crippen molar-refractivity contribution >= 4 is 5.97 Å². The molecule has 1 aliphatic rings. The van der Waals surface area contributed by atoms with E-state index in [2.05, 4.69) is 101 Å². The van der Waals surface area contributed by atoms with Crippen LogP contribution in [-0.2, 0) is 9.53 Å². The standard InChI is InChI=1S/C39H42O4/c1-25(2)20-35-34(31-18-16-30(17-19-31)28-12-8-6-9-13-28)23-33(26(3)4)39(43-35)38-27(5)21-32(29-14-10-7-11-15-29)22-36(38)42-24-37(40)41/h6-19,21-22,25,33-35,39H,3,20,23-24H2,1-2,4-5H3,(H,40,41)/t33-,34-,35+,39+/m0/s1. The van der Waals surface area contributed by atoms with E-state index < -0.39 is 12.6 Å². The van der Waals surface area contributed by atoms with E-state index in [1.807, 2.05) is 30.3 Å². The summed E-state index contributed by atoms with van der Waals surface area (Å²) in [5.41, 5.74) is 8.70. The van der Waals surface area contributed by atoms with Crippen molar-refractivity contribution in [1.82, 2.24) is 0 Å². The SMILES string of the molecule is C=C(C)[C@@H]1C[C@@H](c2ccc(-c3ccccc3)cc2)[C@@H](CC(C)C)O[C@H]1c1c(C)cc(-c2ccccc2)cc1OCC(=O)O. The third-order valence-corrected chi connectivity index (χ3v) is 8.52. The van der Waals surface area contributed by atoms with Crippen LogP contribution in [0.2, 0.25) is 0 Å². The highest BCUT2D eigenvalue weighted by Gasteiger charge is 2.41. The van der Waals surface area contributed by atoms with Crippen LogP contribution in [0.1, 0.15) is 62.3 Å². The first-order valence-corrected chi connectivity index (χ1v) is 15.2. The van der Waals surface area contributed by atoms with Crippen LogP contribution in [0.25, 0.3) is 22.3 Å². The van der Waals surface area contributed by atoms with Crippen LogP contribution in [0, 0.1) is 18.8 Å². The van der Waals surface area contributed by atoms with E-state index in [1.165, 1.54) is 16.7 Å². The number of aliphatic carboxylic acids is 1. The molecule has 0 spiro atoms. The summed E-state index contributed by atoms with van der Waals surface area (Å²) in [4.78, 5) is 11.6. The zero-order chi connectivity index (χ0) is 30.5. The van der Waals surface area contributed by atoms with Gasteiger partial charge in [-0.2, -0.15) is 0 Å². The third-order valence-electron chi connectivity index (χ3n) is 8.52. The first-order chi connectivity index (χ1) is 20.7. The Balaban J connectivity index is 1.54. The molecule has 4 aromatic rings. The van der Waals surface area contributed by atoms with Crippen LogP contribution in [0.5, 0.6) is 5.75 Å². The fourth-order valence-electron chi connectivity index (χ4n) is 6.43. The zero-order valence-corrected chi connectivity index (χ0v) is 25.6. The van der Waals surface area contributed by atoms with Gasteiger partial charge in [-0.05, 0) is 72.1 Å². The monoisotopic (exact) mass is 574 g/mol. The van der Waals surface area contributed by atoms with Gasteiger partial charge in [-0.1, -0.05) is 117 Å². The lowest BCUT2D eigenvalue weighted by Crippen LogP contribution is -2.37. The molecular weight excluding hydrogens is 532 g/mol. The first kappa shape index (κ1) is 30.3. The Hall–Kier alpha value is -4.15. The molecule has 0 radical (unpaired) electrons. The fourth-order valence-corrected chi connectivity index (χ4v) is 6.43. The second-order valence-electron chi connectivity index (χ2n) is 12.3. The maximum absolute atomic E-state index is 11.6. The zero-order valence-electron chi connectivity index (χ0n) is 25.6. The molecule has 1 N–H and O–H groups in total. The van der Waals surface area contributed by atoms with Gasteiger partial charge in [0.05, 0.1) is 12.2 Å². The van der Waals surface area contributed by atoms with Gasteiger partial charge in [0, 0.05) is 17.4 Å². The Morgan fingerprint density at radius 3 is 2.05 bits per heavy atom. The molecule has 0 amide bonds. The summed E-state index contributed by atoms with van der Waals surface area (Å²) in [6, 6.07) is 33.6. The number of ether oxygens (including phenoxy) is 2. The molecule has 1 fully saturated rings. The van der Waals surface area contributed by atoms with E-state index in [9.17, 15) is 9.90 Å². The highest BCUT2D eigenvalue weighted by atomic mass is 16.5. The molecule has 0 unspecified atom stereocenters. The molecular formula is C39H42O4. The van der Waals surface area contributed by atoms with Crippen molar-refractivity contribution in [2.45, 2.75) is 58.7 Å². The number of hydrogen-bond donors (Lipinski definition) is 1. The Kier molecular flexibility index (Phi) is 9.47. The van der Waals surface area contributed by atoms with Crippen molar-refractivity contribution in [2.75, 3.05) is 6.61 Å². The van der Waals surface area contributed by atoms with Gasteiger partial charge < -0.3 is 14.6 Å². The Morgan fingerprint density at radius 2 is 1.49 bits per heavy atom. The van der Waals surface area contributed by atoms with Crippen LogP contribution in [0.15, 0.2) is 109 Å². The van der Waals surface area contributed by atoms with Crippen molar-refractivity contribution < 1.29 is 19.4 Å². The van der Waals surface area contributed by atoms with Gasteiger partial charge >= 0.3 is 5.97 Å². The van der Waals surface area contributed by atoms with E-state index in [0.717, 1.165) is 40.7 Å². The molecule has 0 aliphatic carbocycles. The van der Waals surface area contributed by atoms with Crippen LogP contribution in [0.4, 0.5) is 0 Å². The summed E-state index contributed by atoms with van der Waals surface area (Å²) in [6.07, 6.45) is 1.50. The Labute approximate surface area is 256 Å². The average molecular weight is 575 g/mol. The van der Waals surface area contributed by atoms with Crippen molar-refractivity contribution in [2.24, 2.45) is 11.8 Å². The lowest BCUT2D eigenvalue weighted by molar-refractivity contribution is -0.139. The number of rotatable bonds is 10. The number of carboxylic acids is 1. The fraction of sp³-hybridized carbons (Fsp3) is 0.308. The van der Waals surface area contributed by atoms with Gasteiger partial charge in [0.15, 0.2) is 6.61 Å². The molecule has 4 heteroatoms. The normalized spacial score (nSPS) is 20.1. The Morgan fingerprint density at radius 1 is 0.907 bits per heavy atom. The minimum atomic E-state index is -1.01. The largest absolute Gasteiger partial charge is 0.481 e. The lowest BCUT2D eigenvalue weighted by atomic mass is 9.73. The summed E-state index contributed by atoms with van der Waals surface area (Å²) in [5.74, 6) is 0.244. The summed E-state index contributed by atoms with van der Waals surface area (Å²) < 4.78 is 13.1. The number of hydrogen-bond acceptors (Lipinski definition) is 3. The smallest absolute Gasteiger partial charge is 0.341 e. The number of aryl methyl sites for hydroxylation is 1. The van der Waals surface area contributed by atoms with E-state index in [1.54, 1.807) is 0 Å². The van der Waals surface area contributed by atoms with Gasteiger partial charge in [0.1, 0.15) is 5.75 Å². The second-order valence-corrected chi connectivity index (χ2v) is 12.3. The number of benzene rings is 4. The van der Waals surface area contributed by atoms with Gasteiger partial charge in [0.25, 0.3) is 0 Å². The minimum absolute atomic E-state index is 0.0105. The van der Waals surface area contributed by atoms with Crippen molar-refractivity contribution in [3.8, 4) is 28.0 Å². The Bertz CT molecular complexity index is 1540. The summed E-state index contributed by atoms with van der Waals surface area (Å²) in [7, 11) is 0. The predicted molar refractivity (Wildman–Crippen MR) is 174 cm³/mol. The van der Waals surface area contributed by atoms with Crippen molar-refractivity contribution in [3.05, 3.63) is 126 Å². The summed E-state index contributed by atoms with van der Waals surface area (Å²) in [5, 5.41) is 9.50. The molecule has 4 atom stereocenters. The molecule has 1 heterocycles. The predicted octanol–water partition coefficient (Wildman–Crippen LogP) is 9.64. The van der Waals surface area contributed by atoms with Gasteiger partial charge in [0.2, 0.25) is 0 Å². The molecule has 1 saturated heterocycles. The number of carboxylic acid groups (broad SMARTS) is 1. The van der Waals surface area contributed by atoms with Crippen LogP contribution in [0.3, 0.4) is 0 Å². The summed E-state index contributed by atoms with van der Waals surface area (Å²) in [6.45, 7) is 12.6. The quantitative estimate of drug-likeness (QED) is 0.192. The highest BCUT2D eigenvalue weighted by Crippen LogP contribution is 2.51. The minimum Gasteiger partial charge on any atom is -0.481 e. The molecule has 43 heavy (non-hydrogen) atoms. The maximum Gasteiger partial charge on any atom is 0.341 e. The molecule has 4 nitrogen and oxygen atoms in total. The van der Waals surface area contributed by atoms with E-state index in [-0.39, 0.29) is 24.0 Å². The average Bonchev–Trinajstić information content (AvgIpc) is 3.00. The lowest BCUT2D eigenvalue weighted by Gasteiger charge is -2.44. The van der Waals surface area contributed by atoms with E-state index in [4.69, 9.17) is 9.47 Å².